The van der Waals surface area contributed by atoms with E-state index in [9.17, 15) is 14.7 Å². The van der Waals surface area contributed by atoms with Crippen LogP contribution in [-0.2, 0) is 17.8 Å². The Morgan fingerprint density at radius 1 is 1.14 bits per heavy atom. The molecule has 2 aromatic carbocycles. The Morgan fingerprint density at radius 3 is 2.57 bits per heavy atom. The van der Waals surface area contributed by atoms with Gasteiger partial charge in [0.1, 0.15) is 5.75 Å². The zero-order valence-electron chi connectivity index (χ0n) is 15.6. The Kier molecular flexibility index (Phi) is 6.62. The predicted octanol–water partition coefficient (Wildman–Crippen LogP) is 0.700. The van der Waals surface area contributed by atoms with Gasteiger partial charge in [-0.15, -0.1) is 0 Å². The lowest BCUT2D eigenvalue weighted by molar-refractivity contribution is -0.123. The number of aliphatic hydroxyl groups excluding tert-OH is 1. The molecule has 0 bridgehead atoms. The van der Waals surface area contributed by atoms with E-state index < -0.39 is 12.0 Å². The number of β-amino-alcohol motifs (C(OH)–C–C–N with tert-alkyl or cyclic N) is 1. The molecule has 148 valence electrons. The van der Waals surface area contributed by atoms with Crippen molar-refractivity contribution in [3.05, 3.63) is 65.2 Å². The van der Waals surface area contributed by atoms with E-state index >= 15 is 0 Å². The number of fused-ring (bicyclic) bond motifs is 1. The number of ether oxygens (including phenoxy) is 1. The number of primary amides is 1. The molecule has 2 aromatic rings. The number of nitrogens with two attached hydrogens (primary N) is 1. The summed E-state index contributed by atoms with van der Waals surface area (Å²) in [4.78, 5) is 25.1. The monoisotopic (exact) mass is 383 g/mol. The van der Waals surface area contributed by atoms with Gasteiger partial charge in [0.15, 0.2) is 6.61 Å². The first kappa shape index (κ1) is 19.9. The van der Waals surface area contributed by atoms with Gasteiger partial charge in [-0.2, -0.15) is 0 Å². The molecule has 7 heteroatoms. The lowest BCUT2D eigenvalue weighted by Gasteiger charge is -2.30. The molecule has 0 spiro atoms. The molecule has 0 radical (unpaired) electrons. The van der Waals surface area contributed by atoms with Gasteiger partial charge in [-0.3, -0.25) is 14.5 Å². The van der Waals surface area contributed by atoms with E-state index in [-0.39, 0.29) is 19.1 Å². The van der Waals surface area contributed by atoms with E-state index in [0.717, 1.165) is 19.5 Å². The summed E-state index contributed by atoms with van der Waals surface area (Å²) in [6.07, 6.45) is 0.321. The highest BCUT2D eigenvalue weighted by Gasteiger charge is 2.18. The molecule has 7 nitrogen and oxygen atoms in total. The smallest absolute Gasteiger partial charge is 0.258 e. The van der Waals surface area contributed by atoms with Crippen LogP contribution in [0.5, 0.6) is 5.75 Å². The second-order valence-electron chi connectivity index (χ2n) is 6.89. The van der Waals surface area contributed by atoms with Crippen molar-refractivity contribution < 1.29 is 19.4 Å². The third-order valence-corrected chi connectivity index (χ3v) is 4.72. The van der Waals surface area contributed by atoms with E-state index in [0.29, 0.717) is 17.9 Å². The number of hydrogen-bond donors (Lipinski definition) is 3. The number of carbonyl (C=O) groups is 2. The molecule has 28 heavy (non-hydrogen) atoms. The molecule has 0 aliphatic carbocycles. The number of nitrogens with one attached hydrogen (secondary N) is 1. The molecule has 1 aliphatic rings. The van der Waals surface area contributed by atoms with Crippen molar-refractivity contribution in [3.8, 4) is 5.75 Å². The van der Waals surface area contributed by atoms with E-state index in [1.54, 1.807) is 12.1 Å². The normalized spacial score (nSPS) is 14.8. The van der Waals surface area contributed by atoms with Crippen molar-refractivity contribution in [2.75, 3.05) is 26.2 Å². The number of hydrogen-bond acceptors (Lipinski definition) is 5. The van der Waals surface area contributed by atoms with Crippen molar-refractivity contribution in [2.45, 2.75) is 19.1 Å². The Morgan fingerprint density at radius 2 is 1.86 bits per heavy atom. The van der Waals surface area contributed by atoms with Crippen LogP contribution in [0.25, 0.3) is 0 Å². The fourth-order valence-electron chi connectivity index (χ4n) is 3.22. The second-order valence-corrected chi connectivity index (χ2v) is 6.89. The van der Waals surface area contributed by atoms with Crippen LogP contribution < -0.4 is 15.8 Å². The number of nitrogens with zero attached hydrogens (tertiary/aromatic N) is 1. The molecule has 1 aliphatic heterocycles. The second kappa shape index (κ2) is 9.34. The minimum absolute atomic E-state index is 0.167. The van der Waals surface area contributed by atoms with Crippen molar-refractivity contribution >= 4 is 11.8 Å². The number of carbonyl (C=O) groups excluding carboxylic acids is 2. The summed E-state index contributed by atoms with van der Waals surface area (Å²) in [5, 5.41) is 12.9. The van der Waals surface area contributed by atoms with Gasteiger partial charge >= 0.3 is 0 Å². The van der Waals surface area contributed by atoms with Gasteiger partial charge in [-0.05, 0) is 41.8 Å². The zero-order chi connectivity index (χ0) is 19.9. The summed E-state index contributed by atoms with van der Waals surface area (Å²) in [7, 11) is 0. The van der Waals surface area contributed by atoms with Gasteiger partial charge in [-0.25, -0.2) is 0 Å². The maximum atomic E-state index is 11.9. The van der Waals surface area contributed by atoms with Crippen LogP contribution >= 0.6 is 0 Å². The topological polar surface area (TPSA) is 105 Å². The molecule has 1 unspecified atom stereocenters. The Labute approximate surface area is 164 Å². The average Bonchev–Trinajstić information content (AvgIpc) is 2.71. The molecular formula is C21H25N3O4. The molecular weight excluding hydrogens is 358 g/mol. The standard InChI is InChI=1S/C21H25N3O4/c22-21(27)16-5-7-19(8-6-16)28-14-20(26)23-11-18(25)13-24-10-9-15-3-1-2-4-17(15)12-24/h1-8,18,25H,9-14H2,(H2,22,27)(H,23,26). The van der Waals surface area contributed by atoms with E-state index in [1.807, 2.05) is 12.1 Å². The molecule has 1 heterocycles. The van der Waals surface area contributed by atoms with Gasteiger partial charge in [0.2, 0.25) is 5.91 Å². The fraction of sp³-hybridized carbons (Fsp3) is 0.333. The van der Waals surface area contributed by atoms with Crippen molar-refractivity contribution in [3.63, 3.8) is 0 Å². The molecule has 1 atom stereocenters. The predicted molar refractivity (Wildman–Crippen MR) is 105 cm³/mol. The third kappa shape index (κ3) is 5.55. The van der Waals surface area contributed by atoms with Gasteiger partial charge in [-0.1, -0.05) is 24.3 Å². The highest BCUT2D eigenvalue weighted by atomic mass is 16.5. The van der Waals surface area contributed by atoms with Gasteiger partial charge in [0.05, 0.1) is 6.10 Å². The van der Waals surface area contributed by atoms with E-state index in [2.05, 4.69) is 22.3 Å². The average molecular weight is 383 g/mol. The zero-order valence-corrected chi connectivity index (χ0v) is 15.6. The Bertz CT molecular complexity index is 823. The minimum atomic E-state index is -0.649. The van der Waals surface area contributed by atoms with Gasteiger partial charge in [0.25, 0.3) is 5.91 Å². The van der Waals surface area contributed by atoms with Crippen LogP contribution in [0.2, 0.25) is 0 Å². The van der Waals surface area contributed by atoms with E-state index in [4.69, 9.17) is 10.5 Å². The Balaban J connectivity index is 1.37. The van der Waals surface area contributed by atoms with Crippen molar-refractivity contribution in [2.24, 2.45) is 5.73 Å². The number of benzene rings is 2. The SMILES string of the molecule is NC(=O)c1ccc(OCC(=O)NCC(O)CN2CCc3ccccc3C2)cc1. The number of amides is 2. The molecule has 4 N–H and O–H groups in total. The number of rotatable bonds is 8. The first-order valence-corrected chi connectivity index (χ1v) is 9.28. The lowest BCUT2D eigenvalue weighted by atomic mass is 10.00. The summed E-state index contributed by atoms with van der Waals surface area (Å²) >= 11 is 0. The van der Waals surface area contributed by atoms with Gasteiger partial charge in [0, 0.05) is 31.7 Å². The molecule has 0 saturated carbocycles. The van der Waals surface area contributed by atoms with E-state index in [1.165, 1.54) is 23.3 Å². The Hall–Kier alpha value is -2.90. The maximum absolute atomic E-state index is 11.9. The van der Waals surface area contributed by atoms with Crippen molar-refractivity contribution in [1.82, 2.24) is 10.2 Å². The largest absolute Gasteiger partial charge is 0.484 e. The van der Waals surface area contributed by atoms with Crippen LogP contribution in [0.15, 0.2) is 48.5 Å². The molecule has 0 aromatic heterocycles. The quantitative estimate of drug-likeness (QED) is 0.622. The first-order valence-electron chi connectivity index (χ1n) is 9.28. The maximum Gasteiger partial charge on any atom is 0.258 e. The van der Waals surface area contributed by atoms with Crippen LogP contribution in [0.3, 0.4) is 0 Å². The van der Waals surface area contributed by atoms with Crippen molar-refractivity contribution in [1.29, 1.82) is 0 Å². The fourth-order valence-corrected chi connectivity index (χ4v) is 3.22. The van der Waals surface area contributed by atoms with Crippen LogP contribution in [-0.4, -0.2) is 54.2 Å². The molecule has 0 saturated heterocycles. The lowest BCUT2D eigenvalue weighted by Crippen LogP contribution is -2.42. The van der Waals surface area contributed by atoms with Crippen LogP contribution in [0, 0.1) is 0 Å². The molecule has 2 amide bonds. The first-order chi connectivity index (χ1) is 13.5. The minimum Gasteiger partial charge on any atom is -0.484 e. The summed E-state index contributed by atoms with van der Waals surface area (Å²) < 4.78 is 5.37. The summed E-state index contributed by atoms with van der Waals surface area (Å²) in [6.45, 7) is 2.21. The van der Waals surface area contributed by atoms with Crippen LogP contribution in [0.4, 0.5) is 0 Å². The number of aliphatic hydroxyl groups is 1. The third-order valence-electron chi connectivity index (χ3n) is 4.72. The van der Waals surface area contributed by atoms with Crippen LogP contribution in [0.1, 0.15) is 21.5 Å². The summed E-state index contributed by atoms with van der Waals surface area (Å²) in [5.41, 5.74) is 8.20. The summed E-state index contributed by atoms with van der Waals surface area (Å²) in [5.74, 6) is -0.370. The molecule has 0 fully saturated rings. The summed E-state index contributed by atoms with van der Waals surface area (Å²) in [6, 6.07) is 14.6. The highest BCUT2D eigenvalue weighted by molar-refractivity contribution is 5.92. The van der Waals surface area contributed by atoms with Gasteiger partial charge < -0.3 is 20.9 Å². The highest BCUT2D eigenvalue weighted by Crippen LogP contribution is 2.18. The molecule has 3 rings (SSSR count).